The highest BCUT2D eigenvalue weighted by Crippen LogP contribution is 2.24. The average molecular weight is 276 g/mol. The summed E-state index contributed by atoms with van der Waals surface area (Å²) in [6.45, 7) is 5.78. The molecule has 1 aromatic heterocycles. The Bertz CT molecular complexity index is 464. The van der Waals surface area contributed by atoms with Gasteiger partial charge in [-0.15, -0.1) is 0 Å². The van der Waals surface area contributed by atoms with Crippen molar-refractivity contribution < 1.29 is 4.79 Å². The minimum atomic E-state index is 0.129. The highest BCUT2D eigenvalue weighted by Gasteiger charge is 2.27. The normalized spacial score (nSPS) is 22.1. The van der Waals surface area contributed by atoms with Crippen molar-refractivity contribution in [3.63, 3.8) is 0 Å². The molecule has 1 aliphatic heterocycles. The average Bonchev–Trinajstić information content (AvgIpc) is 3.05. The van der Waals surface area contributed by atoms with Gasteiger partial charge in [0.15, 0.2) is 0 Å². The number of aromatic nitrogens is 2. The van der Waals surface area contributed by atoms with Crippen molar-refractivity contribution in [2.24, 2.45) is 0 Å². The number of aromatic amines is 1. The quantitative estimate of drug-likeness (QED) is 0.896. The van der Waals surface area contributed by atoms with E-state index < -0.39 is 0 Å². The number of nitrogens with zero attached hydrogens (tertiary/aromatic N) is 3. The Morgan fingerprint density at radius 3 is 2.70 bits per heavy atom. The van der Waals surface area contributed by atoms with Gasteiger partial charge in [-0.3, -0.25) is 14.8 Å². The van der Waals surface area contributed by atoms with Crippen molar-refractivity contribution in [3.05, 3.63) is 17.5 Å². The van der Waals surface area contributed by atoms with Crippen LogP contribution in [0.5, 0.6) is 0 Å². The van der Waals surface area contributed by atoms with Crippen molar-refractivity contribution in [2.45, 2.75) is 45.1 Å². The van der Waals surface area contributed by atoms with Crippen LogP contribution in [0.25, 0.3) is 0 Å². The zero-order valence-corrected chi connectivity index (χ0v) is 12.3. The Kier molecular flexibility index (Phi) is 4.05. The molecule has 5 heteroatoms. The van der Waals surface area contributed by atoms with E-state index in [0.717, 1.165) is 49.9 Å². The molecule has 2 fully saturated rings. The summed E-state index contributed by atoms with van der Waals surface area (Å²) in [5.74, 6) is 0.129. The third-order valence-electron chi connectivity index (χ3n) is 4.72. The molecule has 1 saturated heterocycles. The van der Waals surface area contributed by atoms with Crippen LogP contribution in [0.1, 0.15) is 48.2 Å². The van der Waals surface area contributed by atoms with E-state index in [4.69, 9.17) is 0 Å². The van der Waals surface area contributed by atoms with Crippen LogP contribution in [-0.4, -0.2) is 58.1 Å². The molecule has 1 amide bonds. The van der Waals surface area contributed by atoms with E-state index in [0.29, 0.717) is 0 Å². The summed E-state index contributed by atoms with van der Waals surface area (Å²) in [6, 6.07) is 0.765. The smallest absolute Gasteiger partial charge is 0.257 e. The predicted molar refractivity (Wildman–Crippen MR) is 77.7 cm³/mol. The molecule has 1 N–H and O–H groups in total. The Balaban J connectivity index is 1.62. The van der Waals surface area contributed by atoms with Gasteiger partial charge >= 0.3 is 0 Å². The molecule has 3 rings (SSSR count). The number of amides is 1. The van der Waals surface area contributed by atoms with Gasteiger partial charge in [0.2, 0.25) is 0 Å². The van der Waals surface area contributed by atoms with Crippen LogP contribution >= 0.6 is 0 Å². The SMILES string of the molecule is Cc1[nH]ncc1C(=O)N1CCCN(C2CCCC2)CC1. The molecule has 0 spiro atoms. The number of aryl methyl sites for hydroxylation is 1. The summed E-state index contributed by atoms with van der Waals surface area (Å²) in [7, 11) is 0. The third-order valence-corrected chi connectivity index (χ3v) is 4.72. The second kappa shape index (κ2) is 5.95. The second-order valence-corrected chi connectivity index (χ2v) is 6.03. The summed E-state index contributed by atoms with van der Waals surface area (Å²) in [6.07, 6.45) is 8.16. The lowest BCUT2D eigenvalue weighted by Crippen LogP contribution is -2.38. The molecule has 2 heterocycles. The Labute approximate surface area is 120 Å². The van der Waals surface area contributed by atoms with E-state index in [9.17, 15) is 4.79 Å². The summed E-state index contributed by atoms with van der Waals surface area (Å²) >= 11 is 0. The number of hydrogen-bond donors (Lipinski definition) is 1. The summed E-state index contributed by atoms with van der Waals surface area (Å²) in [5, 5.41) is 6.81. The first-order chi connectivity index (χ1) is 9.75. The first kappa shape index (κ1) is 13.6. The van der Waals surface area contributed by atoms with Gasteiger partial charge in [-0.2, -0.15) is 5.10 Å². The predicted octanol–water partition coefficient (Wildman–Crippen LogP) is 1.81. The minimum Gasteiger partial charge on any atom is -0.337 e. The highest BCUT2D eigenvalue weighted by atomic mass is 16.2. The summed E-state index contributed by atoms with van der Waals surface area (Å²) < 4.78 is 0. The lowest BCUT2D eigenvalue weighted by molar-refractivity contribution is 0.0757. The zero-order valence-electron chi connectivity index (χ0n) is 12.3. The number of rotatable bonds is 2. The monoisotopic (exact) mass is 276 g/mol. The van der Waals surface area contributed by atoms with Crippen molar-refractivity contribution in [2.75, 3.05) is 26.2 Å². The van der Waals surface area contributed by atoms with Crippen LogP contribution in [0, 0.1) is 6.92 Å². The fourth-order valence-corrected chi connectivity index (χ4v) is 3.51. The number of carbonyl (C=O) groups is 1. The second-order valence-electron chi connectivity index (χ2n) is 6.03. The van der Waals surface area contributed by atoms with E-state index in [-0.39, 0.29) is 5.91 Å². The van der Waals surface area contributed by atoms with Gasteiger partial charge in [-0.1, -0.05) is 12.8 Å². The molecule has 0 radical (unpaired) electrons. The maximum absolute atomic E-state index is 12.5. The van der Waals surface area contributed by atoms with Crippen molar-refractivity contribution in [1.29, 1.82) is 0 Å². The molecule has 0 atom stereocenters. The number of carbonyl (C=O) groups excluding carboxylic acids is 1. The molecule has 1 saturated carbocycles. The molecule has 1 aliphatic carbocycles. The van der Waals surface area contributed by atoms with Gasteiger partial charge in [0.25, 0.3) is 5.91 Å². The topological polar surface area (TPSA) is 52.2 Å². The summed E-state index contributed by atoms with van der Waals surface area (Å²) in [4.78, 5) is 17.1. The first-order valence-electron chi connectivity index (χ1n) is 7.79. The minimum absolute atomic E-state index is 0.129. The van der Waals surface area contributed by atoms with Gasteiger partial charge < -0.3 is 4.90 Å². The molecule has 0 aromatic carbocycles. The molecule has 5 nitrogen and oxygen atoms in total. The standard InChI is InChI=1S/C15H24N4O/c1-12-14(11-16-17-12)15(20)19-8-4-7-18(9-10-19)13-5-2-3-6-13/h11,13H,2-10H2,1H3,(H,16,17). The van der Waals surface area contributed by atoms with Crippen LogP contribution in [0.3, 0.4) is 0 Å². The molecule has 20 heavy (non-hydrogen) atoms. The molecule has 0 unspecified atom stereocenters. The fraction of sp³-hybridized carbons (Fsp3) is 0.733. The number of H-pyrrole nitrogens is 1. The van der Waals surface area contributed by atoms with E-state index in [1.165, 1.54) is 25.7 Å². The maximum atomic E-state index is 12.5. The molecule has 2 aliphatic rings. The van der Waals surface area contributed by atoms with E-state index in [1.807, 2.05) is 11.8 Å². The van der Waals surface area contributed by atoms with Crippen molar-refractivity contribution >= 4 is 5.91 Å². The molecule has 110 valence electrons. The van der Waals surface area contributed by atoms with Gasteiger partial charge in [0.05, 0.1) is 11.8 Å². The van der Waals surface area contributed by atoms with Crippen LogP contribution in [0.15, 0.2) is 6.20 Å². The van der Waals surface area contributed by atoms with Crippen LogP contribution in [-0.2, 0) is 0 Å². The Hall–Kier alpha value is -1.36. The van der Waals surface area contributed by atoms with Gasteiger partial charge in [-0.05, 0) is 26.2 Å². The Morgan fingerprint density at radius 1 is 1.20 bits per heavy atom. The van der Waals surface area contributed by atoms with Gasteiger partial charge in [0, 0.05) is 37.9 Å². The van der Waals surface area contributed by atoms with E-state index >= 15 is 0 Å². The van der Waals surface area contributed by atoms with E-state index in [1.54, 1.807) is 6.20 Å². The fourth-order valence-electron chi connectivity index (χ4n) is 3.51. The summed E-state index contributed by atoms with van der Waals surface area (Å²) in [5.41, 5.74) is 1.59. The number of hydrogen-bond acceptors (Lipinski definition) is 3. The third kappa shape index (κ3) is 2.73. The lowest BCUT2D eigenvalue weighted by Gasteiger charge is -2.27. The number of nitrogens with one attached hydrogen (secondary N) is 1. The zero-order chi connectivity index (χ0) is 13.9. The van der Waals surface area contributed by atoms with Crippen LogP contribution in [0.4, 0.5) is 0 Å². The van der Waals surface area contributed by atoms with Crippen LogP contribution < -0.4 is 0 Å². The van der Waals surface area contributed by atoms with E-state index in [2.05, 4.69) is 15.1 Å². The molecular formula is C15H24N4O. The van der Waals surface area contributed by atoms with Crippen LogP contribution in [0.2, 0.25) is 0 Å². The molecular weight excluding hydrogens is 252 g/mol. The maximum Gasteiger partial charge on any atom is 0.257 e. The van der Waals surface area contributed by atoms with Gasteiger partial charge in [0.1, 0.15) is 0 Å². The van der Waals surface area contributed by atoms with Gasteiger partial charge in [-0.25, -0.2) is 0 Å². The highest BCUT2D eigenvalue weighted by molar-refractivity contribution is 5.95. The van der Waals surface area contributed by atoms with Crippen molar-refractivity contribution in [1.82, 2.24) is 20.0 Å². The lowest BCUT2D eigenvalue weighted by atomic mass is 10.2. The largest absolute Gasteiger partial charge is 0.337 e. The molecule has 0 bridgehead atoms. The Morgan fingerprint density at radius 2 is 2.00 bits per heavy atom. The molecule has 1 aromatic rings. The first-order valence-corrected chi connectivity index (χ1v) is 7.79. The van der Waals surface area contributed by atoms with Crippen molar-refractivity contribution in [3.8, 4) is 0 Å².